The molecule has 0 unspecified atom stereocenters. The van der Waals surface area contributed by atoms with Gasteiger partial charge in [0.15, 0.2) is 0 Å². The quantitative estimate of drug-likeness (QED) is 0.876. The molecule has 3 rings (SSSR count). The molecular weight excluding hydrogens is 258 g/mol. The number of aliphatic hydroxyl groups excluding tert-OH is 1. The molecule has 2 aromatic rings. The van der Waals surface area contributed by atoms with Crippen molar-refractivity contribution in [1.82, 2.24) is 4.90 Å². The summed E-state index contributed by atoms with van der Waals surface area (Å²) in [4.78, 5) is 2.29. The van der Waals surface area contributed by atoms with E-state index in [0.29, 0.717) is 5.92 Å². The topological polar surface area (TPSA) is 23.5 Å². The maximum absolute atomic E-state index is 9.72. The van der Waals surface area contributed by atoms with Crippen molar-refractivity contribution in [3.63, 3.8) is 0 Å². The van der Waals surface area contributed by atoms with Gasteiger partial charge in [0, 0.05) is 6.54 Å². The Balaban J connectivity index is 1.61. The van der Waals surface area contributed by atoms with E-state index in [2.05, 4.69) is 54.4 Å². The van der Waals surface area contributed by atoms with Crippen molar-refractivity contribution in [1.29, 1.82) is 0 Å². The molecule has 110 valence electrons. The predicted molar refractivity (Wildman–Crippen MR) is 86.2 cm³/mol. The summed E-state index contributed by atoms with van der Waals surface area (Å²) in [5.74, 6) is 1.42. The molecule has 0 spiro atoms. The van der Waals surface area contributed by atoms with Gasteiger partial charge in [-0.3, -0.25) is 4.90 Å². The highest BCUT2D eigenvalue weighted by Crippen LogP contribution is 2.48. The van der Waals surface area contributed by atoms with Crippen LogP contribution >= 0.6 is 0 Å². The summed E-state index contributed by atoms with van der Waals surface area (Å²) in [5.41, 5.74) is 2.65. The first kappa shape index (κ1) is 14.3. The minimum atomic E-state index is 0.100. The predicted octanol–water partition coefficient (Wildman–Crippen LogP) is 3.46. The number of likely N-dealkylation sites (N-methyl/N-ethyl adjacent to an activating group) is 1. The van der Waals surface area contributed by atoms with Crippen molar-refractivity contribution >= 4 is 0 Å². The smallest absolute Gasteiger partial charge is 0.0628 e. The Kier molecular flexibility index (Phi) is 4.37. The van der Waals surface area contributed by atoms with Crippen LogP contribution in [0.3, 0.4) is 0 Å². The molecule has 0 saturated heterocycles. The second kappa shape index (κ2) is 6.42. The van der Waals surface area contributed by atoms with Crippen molar-refractivity contribution in [3.8, 4) is 0 Å². The average Bonchev–Trinajstić information content (AvgIpc) is 3.29. The van der Waals surface area contributed by atoms with Crippen molar-refractivity contribution in [3.05, 3.63) is 71.8 Å². The molecule has 1 saturated carbocycles. The molecule has 21 heavy (non-hydrogen) atoms. The second-order valence-electron chi connectivity index (χ2n) is 6.06. The monoisotopic (exact) mass is 281 g/mol. The highest BCUT2D eigenvalue weighted by molar-refractivity contribution is 5.26. The number of hydrogen-bond donors (Lipinski definition) is 1. The van der Waals surface area contributed by atoms with Crippen molar-refractivity contribution in [2.75, 3.05) is 20.2 Å². The summed E-state index contributed by atoms with van der Waals surface area (Å²) in [5, 5.41) is 9.72. The molecule has 3 atom stereocenters. The van der Waals surface area contributed by atoms with E-state index in [9.17, 15) is 5.11 Å². The standard InChI is InChI=1S/C19H23NO/c1-20(19(14-21)16-10-6-3-7-11-16)13-17-12-18(17)15-8-4-2-5-9-15/h2-11,17-19,21H,12-14H2,1H3/t17-,18-,19-/m1/s1. The van der Waals surface area contributed by atoms with E-state index in [-0.39, 0.29) is 12.6 Å². The summed E-state index contributed by atoms with van der Waals surface area (Å²) in [7, 11) is 2.12. The molecule has 0 heterocycles. The Hall–Kier alpha value is -1.64. The SMILES string of the molecule is CN(C[C@H]1C[C@@H]1c1ccccc1)[C@H](CO)c1ccccc1. The van der Waals surface area contributed by atoms with E-state index in [1.165, 1.54) is 17.5 Å². The van der Waals surface area contributed by atoms with Crippen LogP contribution in [-0.4, -0.2) is 30.2 Å². The number of nitrogens with zero attached hydrogens (tertiary/aromatic N) is 1. The van der Waals surface area contributed by atoms with Gasteiger partial charge in [-0.15, -0.1) is 0 Å². The van der Waals surface area contributed by atoms with Gasteiger partial charge in [-0.25, -0.2) is 0 Å². The average molecular weight is 281 g/mol. The minimum absolute atomic E-state index is 0.100. The van der Waals surface area contributed by atoms with Crippen LogP contribution in [0.5, 0.6) is 0 Å². The molecule has 1 fully saturated rings. The van der Waals surface area contributed by atoms with Crippen LogP contribution < -0.4 is 0 Å². The summed E-state index contributed by atoms with van der Waals surface area (Å²) < 4.78 is 0. The molecule has 0 radical (unpaired) electrons. The molecule has 0 amide bonds. The highest BCUT2D eigenvalue weighted by Gasteiger charge is 2.39. The lowest BCUT2D eigenvalue weighted by atomic mass is 10.1. The van der Waals surface area contributed by atoms with Gasteiger partial charge in [0.1, 0.15) is 0 Å². The highest BCUT2D eigenvalue weighted by atomic mass is 16.3. The lowest BCUT2D eigenvalue weighted by Gasteiger charge is -2.27. The van der Waals surface area contributed by atoms with E-state index < -0.39 is 0 Å². The molecule has 1 N–H and O–H groups in total. The van der Waals surface area contributed by atoms with Crippen LogP contribution in [0.15, 0.2) is 60.7 Å². The van der Waals surface area contributed by atoms with Crippen molar-refractivity contribution < 1.29 is 5.11 Å². The molecule has 0 bridgehead atoms. The van der Waals surface area contributed by atoms with Crippen LogP contribution in [0.25, 0.3) is 0 Å². The van der Waals surface area contributed by atoms with Gasteiger partial charge in [-0.2, -0.15) is 0 Å². The van der Waals surface area contributed by atoms with Crippen LogP contribution in [-0.2, 0) is 0 Å². The number of hydrogen-bond acceptors (Lipinski definition) is 2. The first-order chi connectivity index (χ1) is 10.3. The second-order valence-corrected chi connectivity index (χ2v) is 6.06. The van der Waals surface area contributed by atoms with Gasteiger partial charge in [0.25, 0.3) is 0 Å². The molecule has 1 aliphatic carbocycles. The van der Waals surface area contributed by atoms with Gasteiger partial charge in [0.05, 0.1) is 12.6 Å². The molecular formula is C19H23NO. The maximum atomic E-state index is 9.72. The van der Waals surface area contributed by atoms with Gasteiger partial charge < -0.3 is 5.11 Å². The molecule has 0 aliphatic heterocycles. The van der Waals surface area contributed by atoms with Gasteiger partial charge in [0.2, 0.25) is 0 Å². The molecule has 2 heteroatoms. The first-order valence-electron chi connectivity index (χ1n) is 7.70. The summed E-state index contributed by atoms with van der Waals surface area (Å²) in [6.45, 7) is 1.21. The molecule has 2 aromatic carbocycles. The minimum Gasteiger partial charge on any atom is -0.394 e. The van der Waals surface area contributed by atoms with Crippen LogP contribution in [0.2, 0.25) is 0 Å². The Morgan fingerprint density at radius 2 is 1.67 bits per heavy atom. The van der Waals surface area contributed by atoms with Gasteiger partial charge in [-0.05, 0) is 36.4 Å². The van der Waals surface area contributed by atoms with E-state index >= 15 is 0 Å². The number of rotatable bonds is 6. The Morgan fingerprint density at radius 1 is 1.05 bits per heavy atom. The third-order valence-corrected chi connectivity index (χ3v) is 4.56. The van der Waals surface area contributed by atoms with E-state index in [4.69, 9.17) is 0 Å². The fourth-order valence-corrected chi connectivity index (χ4v) is 3.23. The normalized spacial score (nSPS) is 22.2. The van der Waals surface area contributed by atoms with E-state index in [1.54, 1.807) is 0 Å². The van der Waals surface area contributed by atoms with Gasteiger partial charge >= 0.3 is 0 Å². The third-order valence-electron chi connectivity index (χ3n) is 4.56. The molecule has 2 nitrogen and oxygen atoms in total. The molecule has 0 aromatic heterocycles. The summed E-state index contributed by atoms with van der Waals surface area (Å²) in [6, 6.07) is 21.2. The lowest BCUT2D eigenvalue weighted by molar-refractivity contribution is 0.143. The largest absolute Gasteiger partial charge is 0.394 e. The van der Waals surface area contributed by atoms with E-state index in [1.807, 2.05) is 18.2 Å². The van der Waals surface area contributed by atoms with E-state index in [0.717, 1.165) is 12.5 Å². The van der Waals surface area contributed by atoms with Crippen LogP contribution in [0.4, 0.5) is 0 Å². The Bertz CT molecular complexity index is 554. The number of aliphatic hydroxyl groups is 1. The number of benzene rings is 2. The summed E-state index contributed by atoms with van der Waals surface area (Å²) in [6.07, 6.45) is 1.27. The Labute approximate surface area is 127 Å². The zero-order valence-corrected chi connectivity index (χ0v) is 12.5. The molecule has 1 aliphatic rings. The van der Waals surface area contributed by atoms with Gasteiger partial charge in [-0.1, -0.05) is 60.7 Å². The zero-order chi connectivity index (χ0) is 14.7. The fourth-order valence-electron chi connectivity index (χ4n) is 3.23. The van der Waals surface area contributed by atoms with Crippen LogP contribution in [0.1, 0.15) is 29.5 Å². The van der Waals surface area contributed by atoms with Crippen molar-refractivity contribution in [2.24, 2.45) is 5.92 Å². The Morgan fingerprint density at radius 3 is 2.29 bits per heavy atom. The van der Waals surface area contributed by atoms with Crippen molar-refractivity contribution in [2.45, 2.75) is 18.4 Å². The fraction of sp³-hybridized carbons (Fsp3) is 0.368. The lowest BCUT2D eigenvalue weighted by Crippen LogP contribution is -2.29. The zero-order valence-electron chi connectivity index (χ0n) is 12.5. The first-order valence-corrected chi connectivity index (χ1v) is 7.70. The third kappa shape index (κ3) is 3.34. The summed E-state index contributed by atoms with van der Waals surface area (Å²) >= 11 is 0. The maximum Gasteiger partial charge on any atom is 0.0628 e. The van der Waals surface area contributed by atoms with Crippen LogP contribution in [0, 0.1) is 5.92 Å².